The summed E-state index contributed by atoms with van der Waals surface area (Å²) < 4.78 is 53.3. The van der Waals surface area contributed by atoms with E-state index in [-0.39, 0.29) is 39.9 Å². The lowest BCUT2D eigenvalue weighted by atomic mass is 9.96. The molecule has 0 fully saturated rings. The highest BCUT2D eigenvalue weighted by Crippen LogP contribution is 2.34. The summed E-state index contributed by atoms with van der Waals surface area (Å²) >= 11 is 0. The summed E-state index contributed by atoms with van der Waals surface area (Å²) in [5.74, 6) is -2.02. The number of nitriles is 2. The number of halogens is 3. The van der Waals surface area contributed by atoms with Crippen molar-refractivity contribution >= 4 is 22.3 Å². The molecule has 8 nitrogen and oxygen atoms in total. The number of nitrogens with zero attached hydrogens (tertiary/aromatic N) is 6. The molecule has 0 aliphatic carbocycles. The van der Waals surface area contributed by atoms with Crippen LogP contribution < -0.4 is 10.6 Å². The van der Waals surface area contributed by atoms with Gasteiger partial charge in [-0.2, -0.15) is 10.5 Å². The van der Waals surface area contributed by atoms with Crippen molar-refractivity contribution in [1.29, 1.82) is 10.5 Å². The number of pyridine rings is 1. The van der Waals surface area contributed by atoms with E-state index >= 15 is 0 Å². The Balaban J connectivity index is 1.63. The van der Waals surface area contributed by atoms with Crippen LogP contribution in [0.3, 0.4) is 0 Å². The predicted octanol–water partition coefficient (Wildman–Crippen LogP) is 6.69. The van der Waals surface area contributed by atoms with Crippen molar-refractivity contribution in [2.24, 2.45) is 5.41 Å². The van der Waals surface area contributed by atoms with E-state index in [2.05, 4.69) is 38.1 Å². The highest BCUT2D eigenvalue weighted by molar-refractivity contribution is 5.99. The van der Waals surface area contributed by atoms with E-state index in [0.717, 1.165) is 12.1 Å². The van der Waals surface area contributed by atoms with Crippen LogP contribution in [0.2, 0.25) is 0 Å². The molecule has 0 amide bonds. The molecule has 0 unspecified atom stereocenters. The zero-order valence-corrected chi connectivity index (χ0v) is 23.6. The Labute approximate surface area is 247 Å². The average Bonchev–Trinajstić information content (AvgIpc) is 3.46. The van der Waals surface area contributed by atoms with Crippen molar-refractivity contribution in [2.45, 2.75) is 33.3 Å². The number of rotatable bonds is 8. The molecule has 43 heavy (non-hydrogen) atoms. The maximum Gasteiger partial charge on any atom is 0.131 e. The Kier molecular flexibility index (Phi) is 7.63. The molecule has 11 heteroatoms. The quantitative estimate of drug-likeness (QED) is 0.210. The molecule has 0 aliphatic heterocycles. The van der Waals surface area contributed by atoms with E-state index in [4.69, 9.17) is 0 Å². The van der Waals surface area contributed by atoms with Gasteiger partial charge in [0.05, 0.1) is 42.5 Å². The second-order valence-corrected chi connectivity index (χ2v) is 11.1. The van der Waals surface area contributed by atoms with Crippen LogP contribution in [-0.4, -0.2) is 26.5 Å². The summed E-state index contributed by atoms with van der Waals surface area (Å²) in [7, 11) is 0. The Bertz CT molecular complexity index is 1920. The first-order valence-electron chi connectivity index (χ1n) is 13.8. The fraction of sp³-hybridized carbons (Fsp3) is 0.219. The lowest BCUT2D eigenvalue weighted by Gasteiger charge is -2.22. The molecule has 5 aromatic rings. The summed E-state index contributed by atoms with van der Waals surface area (Å²) in [6.07, 6.45) is 2.78. The van der Waals surface area contributed by atoms with Gasteiger partial charge in [-0.25, -0.2) is 17.9 Å². The Hall–Kier alpha value is -5.42. The minimum atomic E-state index is -1.90. The second kappa shape index (κ2) is 11.8. The maximum atomic E-state index is 14.3. The smallest absolute Gasteiger partial charge is 0.131 e. The SMILES string of the molecule is [2H][C@@](Nc1cc(C#N)c2ncc(C#N)c(NCC(C)(C)C)c2c1)(c1ccc(F)cc1)c1cn(Cc2c(F)cccc2F)nn1. The van der Waals surface area contributed by atoms with Crippen LogP contribution in [0.5, 0.6) is 0 Å². The molecule has 3 aromatic carbocycles. The van der Waals surface area contributed by atoms with Crippen molar-refractivity contribution < 1.29 is 14.5 Å². The number of anilines is 2. The second-order valence-electron chi connectivity index (χ2n) is 11.1. The Morgan fingerprint density at radius 3 is 2.35 bits per heavy atom. The Morgan fingerprint density at radius 2 is 1.70 bits per heavy atom. The molecule has 0 aliphatic rings. The number of hydrogen-bond acceptors (Lipinski definition) is 7. The van der Waals surface area contributed by atoms with Gasteiger partial charge in [0.2, 0.25) is 0 Å². The van der Waals surface area contributed by atoms with Gasteiger partial charge in [0.15, 0.2) is 0 Å². The van der Waals surface area contributed by atoms with Gasteiger partial charge in [0.1, 0.15) is 35.3 Å². The minimum absolute atomic E-state index is 0.0365. The number of hydrogen-bond donors (Lipinski definition) is 2. The molecule has 0 spiro atoms. The van der Waals surface area contributed by atoms with Crippen LogP contribution in [0.1, 0.15) is 56.1 Å². The molecule has 2 N–H and O–H groups in total. The molecular formula is C32H27F3N8. The first-order chi connectivity index (χ1) is 20.9. The zero-order valence-electron chi connectivity index (χ0n) is 24.6. The molecule has 216 valence electrons. The summed E-state index contributed by atoms with van der Waals surface area (Å²) in [4.78, 5) is 4.36. The van der Waals surface area contributed by atoms with Crippen LogP contribution in [0.4, 0.5) is 24.5 Å². The van der Waals surface area contributed by atoms with E-state index < -0.39 is 23.5 Å². The van der Waals surface area contributed by atoms with Gasteiger partial charge in [-0.3, -0.25) is 4.98 Å². The first-order valence-corrected chi connectivity index (χ1v) is 13.3. The van der Waals surface area contributed by atoms with Crippen molar-refractivity contribution in [1.82, 2.24) is 20.0 Å². The van der Waals surface area contributed by atoms with Gasteiger partial charge in [-0.1, -0.05) is 44.2 Å². The third kappa shape index (κ3) is 6.41. The topological polar surface area (TPSA) is 115 Å². The van der Waals surface area contributed by atoms with Gasteiger partial charge in [0, 0.05) is 29.4 Å². The van der Waals surface area contributed by atoms with Gasteiger partial charge >= 0.3 is 0 Å². The summed E-state index contributed by atoms with van der Waals surface area (Å²) in [5, 5.41) is 34.9. The first kappa shape index (κ1) is 27.7. The van der Waals surface area contributed by atoms with Crippen molar-refractivity contribution in [3.8, 4) is 12.1 Å². The molecule has 5 rings (SSSR count). The zero-order chi connectivity index (χ0) is 31.6. The van der Waals surface area contributed by atoms with Gasteiger partial charge < -0.3 is 10.6 Å². The molecule has 2 aromatic heterocycles. The third-order valence-electron chi connectivity index (χ3n) is 6.59. The third-order valence-corrected chi connectivity index (χ3v) is 6.59. The average molecular weight is 582 g/mol. The van der Waals surface area contributed by atoms with Crippen LogP contribution in [0.15, 0.2) is 67.0 Å². The monoisotopic (exact) mass is 581 g/mol. The summed E-state index contributed by atoms with van der Waals surface area (Å²) in [6.45, 7) is 6.34. The lowest BCUT2D eigenvalue weighted by Crippen LogP contribution is -2.20. The fourth-order valence-electron chi connectivity index (χ4n) is 4.47. The van der Waals surface area contributed by atoms with E-state index in [9.17, 15) is 25.1 Å². The molecule has 2 heterocycles. The van der Waals surface area contributed by atoms with Crippen LogP contribution in [-0.2, 0) is 6.54 Å². The van der Waals surface area contributed by atoms with Crippen LogP contribution >= 0.6 is 0 Å². The van der Waals surface area contributed by atoms with Crippen LogP contribution in [0, 0.1) is 45.5 Å². The number of aromatic nitrogens is 4. The van der Waals surface area contributed by atoms with E-state index in [1.165, 1.54) is 53.5 Å². The number of benzene rings is 3. The largest absolute Gasteiger partial charge is 0.383 e. The molecular weight excluding hydrogens is 553 g/mol. The van der Waals surface area contributed by atoms with Crippen molar-refractivity contribution in [3.05, 3.63) is 112 Å². The standard InChI is InChI=1S/C32H27F3N8/c1-32(2,3)18-39-30-21(14-37)15-38-29-20(13-36)11-23(12-24(29)30)40-31(19-7-9-22(33)10-8-19)28-17-43(42-41-28)16-25-26(34)5-4-6-27(25)35/h4-12,15,17,31,40H,16,18H2,1-3H3,(H,38,39)/t31-/m1/s1/i31D. The van der Waals surface area contributed by atoms with E-state index in [1.54, 1.807) is 6.07 Å². The minimum Gasteiger partial charge on any atom is -0.383 e. The van der Waals surface area contributed by atoms with E-state index in [1.807, 2.05) is 20.8 Å². The van der Waals surface area contributed by atoms with Crippen molar-refractivity contribution in [2.75, 3.05) is 17.2 Å². The highest BCUT2D eigenvalue weighted by atomic mass is 19.1. The maximum absolute atomic E-state index is 14.3. The summed E-state index contributed by atoms with van der Waals surface area (Å²) in [5.41, 5.74) is 1.58. The van der Waals surface area contributed by atoms with Crippen LogP contribution in [0.25, 0.3) is 10.9 Å². The van der Waals surface area contributed by atoms with Crippen molar-refractivity contribution in [3.63, 3.8) is 0 Å². The van der Waals surface area contributed by atoms with Gasteiger partial charge in [0.25, 0.3) is 0 Å². The number of fused-ring (bicyclic) bond motifs is 1. The normalized spacial score (nSPS) is 13.1. The number of nitrogens with one attached hydrogen (secondary N) is 2. The molecule has 0 bridgehead atoms. The Morgan fingerprint density at radius 1 is 1.00 bits per heavy atom. The highest BCUT2D eigenvalue weighted by Gasteiger charge is 2.22. The predicted molar refractivity (Wildman–Crippen MR) is 156 cm³/mol. The molecule has 0 radical (unpaired) electrons. The van der Waals surface area contributed by atoms with Gasteiger partial charge in [-0.05, 0) is 47.4 Å². The van der Waals surface area contributed by atoms with E-state index in [0.29, 0.717) is 28.8 Å². The molecule has 0 saturated heterocycles. The fourth-order valence-corrected chi connectivity index (χ4v) is 4.47. The van der Waals surface area contributed by atoms with Gasteiger partial charge in [-0.15, -0.1) is 5.10 Å². The summed E-state index contributed by atoms with van der Waals surface area (Å²) in [6, 6.07) is 14.3. The molecule has 1 atom stereocenters. The lowest BCUT2D eigenvalue weighted by molar-refractivity contribution is 0.443. The molecule has 0 saturated carbocycles.